The third-order valence-corrected chi connectivity index (χ3v) is 2.89. The van der Waals surface area contributed by atoms with Gasteiger partial charge < -0.3 is 5.11 Å². The molecule has 3 nitrogen and oxygen atoms in total. The van der Waals surface area contributed by atoms with E-state index in [1.54, 1.807) is 6.20 Å². The van der Waals surface area contributed by atoms with E-state index in [0.717, 1.165) is 18.8 Å². The largest absolute Gasteiger partial charge is 0.395 e. The predicted molar refractivity (Wildman–Crippen MR) is 71.1 cm³/mol. The van der Waals surface area contributed by atoms with Crippen molar-refractivity contribution in [1.29, 1.82) is 0 Å². The van der Waals surface area contributed by atoms with Crippen molar-refractivity contribution in [3.05, 3.63) is 29.0 Å². The quantitative estimate of drug-likeness (QED) is 0.727. The van der Waals surface area contributed by atoms with Crippen LogP contribution in [0.3, 0.4) is 0 Å². The molecule has 1 heterocycles. The Morgan fingerprint density at radius 1 is 1.29 bits per heavy atom. The Hall–Kier alpha value is -0.640. The highest BCUT2D eigenvalue weighted by molar-refractivity contribution is 6.30. The van der Waals surface area contributed by atoms with Crippen molar-refractivity contribution in [3.8, 4) is 0 Å². The molecule has 0 atom stereocenters. The maximum atomic E-state index is 9.03. The van der Waals surface area contributed by atoms with Crippen LogP contribution < -0.4 is 0 Å². The lowest BCUT2D eigenvalue weighted by atomic mass is 10.2. The first-order chi connectivity index (χ1) is 8.26. The fourth-order valence-electron chi connectivity index (χ4n) is 1.73. The van der Waals surface area contributed by atoms with Gasteiger partial charge in [-0.05, 0) is 25.1 Å². The summed E-state index contributed by atoms with van der Waals surface area (Å²) in [4.78, 5) is 6.50. The number of aromatic nitrogens is 1. The van der Waals surface area contributed by atoms with Gasteiger partial charge in [0, 0.05) is 19.3 Å². The Labute approximate surface area is 108 Å². The van der Waals surface area contributed by atoms with E-state index in [0.29, 0.717) is 11.6 Å². The van der Waals surface area contributed by atoms with Gasteiger partial charge in [-0.3, -0.25) is 9.88 Å². The van der Waals surface area contributed by atoms with Crippen LogP contribution in [0, 0.1) is 0 Å². The van der Waals surface area contributed by atoms with Crippen molar-refractivity contribution in [2.24, 2.45) is 0 Å². The normalized spacial score (nSPS) is 11.1. The molecule has 0 aliphatic carbocycles. The Balaban J connectivity index is 2.44. The molecule has 1 N–H and O–H groups in total. The van der Waals surface area contributed by atoms with Gasteiger partial charge in [0.25, 0.3) is 0 Å². The Morgan fingerprint density at radius 2 is 2.12 bits per heavy atom. The number of aliphatic hydroxyl groups excluding tert-OH is 1. The Kier molecular flexibility index (Phi) is 7.17. The number of halogens is 1. The second-order valence-electron chi connectivity index (χ2n) is 4.17. The van der Waals surface area contributed by atoms with E-state index in [-0.39, 0.29) is 6.61 Å². The molecule has 0 saturated carbocycles. The topological polar surface area (TPSA) is 36.4 Å². The summed E-state index contributed by atoms with van der Waals surface area (Å²) < 4.78 is 0. The standard InChI is InChI=1S/C13H21ClN2O/c1-2-3-4-7-16(8-9-17)11-13-6-5-12(14)10-15-13/h5-6,10,17H,2-4,7-9,11H2,1H3. The van der Waals surface area contributed by atoms with Gasteiger partial charge in [0.15, 0.2) is 0 Å². The van der Waals surface area contributed by atoms with E-state index in [1.165, 1.54) is 19.3 Å². The molecule has 1 aromatic rings. The molecule has 0 aromatic carbocycles. The minimum Gasteiger partial charge on any atom is -0.395 e. The van der Waals surface area contributed by atoms with Crippen LogP contribution in [-0.2, 0) is 6.54 Å². The Morgan fingerprint density at radius 3 is 2.71 bits per heavy atom. The van der Waals surface area contributed by atoms with E-state index in [9.17, 15) is 0 Å². The number of hydrogen-bond acceptors (Lipinski definition) is 3. The van der Waals surface area contributed by atoms with Crippen LogP contribution in [0.4, 0.5) is 0 Å². The van der Waals surface area contributed by atoms with Crippen molar-refractivity contribution < 1.29 is 5.11 Å². The summed E-state index contributed by atoms with van der Waals surface area (Å²) in [5.74, 6) is 0. The third kappa shape index (κ3) is 6.01. The van der Waals surface area contributed by atoms with Crippen molar-refractivity contribution in [1.82, 2.24) is 9.88 Å². The van der Waals surface area contributed by atoms with Gasteiger partial charge in [0.2, 0.25) is 0 Å². The minimum absolute atomic E-state index is 0.194. The SMILES string of the molecule is CCCCCN(CCO)Cc1ccc(Cl)cn1. The fourth-order valence-corrected chi connectivity index (χ4v) is 1.84. The molecule has 0 aliphatic heterocycles. The summed E-state index contributed by atoms with van der Waals surface area (Å²) in [7, 11) is 0. The van der Waals surface area contributed by atoms with Crippen molar-refractivity contribution in [2.75, 3.05) is 19.7 Å². The average Bonchev–Trinajstić information content (AvgIpc) is 2.32. The maximum Gasteiger partial charge on any atom is 0.0589 e. The van der Waals surface area contributed by atoms with E-state index in [2.05, 4.69) is 16.8 Å². The van der Waals surface area contributed by atoms with Crippen LogP contribution in [0.2, 0.25) is 5.02 Å². The molecule has 1 rings (SSSR count). The van der Waals surface area contributed by atoms with Gasteiger partial charge in [-0.15, -0.1) is 0 Å². The van der Waals surface area contributed by atoms with Gasteiger partial charge >= 0.3 is 0 Å². The van der Waals surface area contributed by atoms with Gasteiger partial charge in [0.1, 0.15) is 0 Å². The van der Waals surface area contributed by atoms with Crippen molar-refractivity contribution >= 4 is 11.6 Å². The van der Waals surface area contributed by atoms with Gasteiger partial charge in [-0.2, -0.15) is 0 Å². The average molecular weight is 257 g/mol. The second kappa shape index (κ2) is 8.45. The number of rotatable bonds is 8. The molecular formula is C13H21ClN2O. The van der Waals surface area contributed by atoms with Gasteiger partial charge in [-0.1, -0.05) is 31.4 Å². The number of nitrogens with zero attached hydrogens (tertiary/aromatic N) is 2. The Bertz CT molecular complexity index is 303. The van der Waals surface area contributed by atoms with E-state index in [1.807, 2.05) is 12.1 Å². The molecule has 0 radical (unpaired) electrons. The first kappa shape index (κ1) is 14.4. The second-order valence-corrected chi connectivity index (χ2v) is 4.61. The molecule has 0 spiro atoms. The number of pyridine rings is 1. The lowest BCUT2D eigenvalue weighted by Crippen LogP contribution is -2.28. The zero-order valence-corrected chi connectivity index (χ0v) is 11.2. The summed E-state index contributed by atoms with van der Waals surface area (Å²) in [6.07, 6.45) is 5.28. The van der Waals surface area contributed by atoms with Gasteiger partial charge in [-0.25, -0.2) is 0 Å². The van der Waals surface area contributed by atoms with Crippen molar-refractivity contribution in [2.45, 2.75) is 32.7 Å². The predicted octanol–water partition coefficient (Wildman–Crippen LogP) is 2.72. The molecule has 0 saturated heterocycles. The molecule has 0 aliphatic rings. The molecule has 4 heteroatoms. The molecule has 17 heavy (non-hydrogen) atoms. The van der Waals surface area contributed by atoms with Gasteiger partial charge in [0.05, 0.1) is 17.3 Å². The van der Waals surface area contributed by atoms with Crippen molar-refractivity contribution in [3.63, 3.8) is 0 Å². The number of aliphatic hydroxyl groups is 1. The summed E-state index contributed by atoms with van der Waals surface area (Å²) >= 11 is 5.80. The first-order valence-electron chi connectivity index (χ1n) is 6.20. The van der Waals surface area contributed by atoms with Crippen LogP contribution in [-0.4, -0.2) is 34.7 Å². The molecule has 0 unspecified atom stereocenters. The number of hydrogen-bond donors (Lipinski definition) is 1. The summed E-state index contributed by atoms with van der Waals surface area (Å²) in [5, 5.41) is 9.69. The summed E-state index contributed by atoms with van der Waals surface area (Å²) in [6, 6.07) is 3.79. The molecule has 0 bridgehead atoms. The zero-order valence-electron chi connectivity index (χ0n) is 10.4. The molecule has 1 aromatic heterocycles. The van der Waals surface area contributed by atoms with Crippen LogP contribution in [0.15, 0.2) is 18.3 Å². The highest BCUT2D eigenvalue weighted by atomic mass is 35.5. The van der Waals surface area contributed by atoms with Crippen LogP contribution in [0.25, 0.3) is 0 Å². The highest BCUT2D eigenvalue weighted by Gasteiger charge is 2.05. The fraction of sp³-hybridized carbons (Fsp3) is 0.615. The zero-order chi connectivity index (χ0) is 12.5. The smallest absolute Gasteiger partial charge is 0.0589 e. The summed E-state index contributed by atoms with van der Waals surface area (Å²) in [6.45, 7) is 4.88. The lowest BCUT2D eigenvalue weighted by molar-refractivity contribution is 0.186. The summed E-state index contributed by atoms with van der Waals surface area (Å²) in [5.41, 5.74) is 0.999. The minimum atomic E-state index is 0.194. The van der Waals surface area contributed by atoms with Crippen LogP contribution in [0.1, 0.15) is 31.9 Å². The lowest BCUT2D eigenvalue weighted by Gasteiger charge is -2.20. The number of unbranched alkanes of at least 4 members (excludes halogenated alkanes) is 2. The first-order valence-corrected chi connectivity index (χ1v) is 6.57. The van der Waals surface area contributed by atoms with E-state index in [4.69, 9.17) is 16.7 Å². The third-order valence-electron chi connectivity index (χ3n) is 2.67. The van der Waals surface area contributed by atoms with Crippen LogP contribution >= 0.6 is 11.6 Å². The van der Waals surface area contributed by atoms with E-state index < -0.39 is 0 Å². The maximum absolute atomic E-state index is 9.03. The monoisotopic (exact) mass is 256 g/mol. The van der Waals surface area contributed by atoms with Crippen LogP contribution in [0.5, 0.6) is 0 Å². The van der Waals surface area contributed by atoms with E-state index >= 15 is 0 Å². The molecule has 0 fully saturated rings. The highest BCUT2D eigenvalue weighted by Crippen LogP contribution is 2.09. The molecule has 0 amide bonds. The molecule has 96 valence electrons. The molecular weight excluding hydrogens is 236 g/mol.